The summed E-state index contributed by atoms with van der Waals surface area (Å²) in [6.07, 6.45) is 1.39. The molecule has 1 fully saturated rings. The molecule has 0 bridgehead atoms. The van der Waals surface area contributed by atoms with Crippen molar-refractivity contribution in [3.05, 3.63) is 53.1 Å². The molecule has 166 valence electrons. The second-order valence-corrected chi connectivity index (χ2v) is 7.79. The molecule has 2 amide bonds. The van der Waals surface area contributed by atoms with Crippen LogP contribution in [0.3, 0.4) is 0 Å². The molecule has 1 aliphatic heterocycles. The first kappa shape index (κ1) is 22.5. The molecule has 1 aliphatic rings. The Morgan fingerprint density at radius 3 is 2.23 bits per heavy atom. The Bertz CT molecular complexity index is 913. The molecule has 3 rings (SSSR count). The summed E-state index contributed by atoms with van der Waals surface area (Å²) < 4.78 is 16.2. The van der Waals surface area contributed by atoms with Crippen molar-refractivity contribution < 1.29 is 23.8 Å². The zero-order chi connectivity index (χ0) is 22.4. The third kappa shape index (κ3) is 5.90. The maximum absolute atomic E-state index is 12.9. The Kier molecular flexibility index (Phi) is 7.39. The van der Waals surface area contributed by atoms with Crippen LogP contribution in [-0.4, -0.2) is 56.7 Å². The summed E-state index contributed by atoms with van der Waals surface area (Å²) >= 11 is 0. The molecule has 1 saturated heterocycles. The monoisotopic (exact) mass is 426 g/mol. The quantitative estimate of drug-likeness (QED) is 0.736. The Labute approximate surface area is 183 Å². The second-order valence-electron chi connectivity index (χ2n) is 7.79. The van der Waals surface area contributed by atoms with Gasteiger partial charge >= 0.3 is 0 Å². The molecular weight excluding hydrogens is 396 g/mol. The van der Waals surface area contributed by atoms with Crippen molar-refractivity contribution in [2.75, 3.05) is 33.9 Å². The highest BCUT2D eigenvalue weighted by atomic mass is 16.5. The van der Waals surface area contributed by atoms with Crippen LogP contribution in [0.1, 0.15) is 34.3 Å². The van der Waals surface area contributed by atoms with Gasteiger partial charge in [-0.05, 0) is 50.5 Å². The van der Waals surface area contributed by atoms with Gasteiger partial charge in [0.15, 0.2) is 6.61 Å². The van der Waals surface area contributed by atoms with Gasteiger partial charge in [-0.2, -0.15) is 0 Å². The van der Waals surface area contributed by atoms with Crippen molar-refractivity contribution in [1.29, 1.82) is 0 Å². The van der Waals surface area contributed by atoms with Crippen molar-refractivity contribution >= 4 is 11.8 Å². The Morgan fingerprint density at radius 2 is 1.65 bits per heavy atom. The zero-order valence-electron chi connectivity index (χ0n) is 18.6. The van der Waals surface area contributed by atoms with Gasteiger partial charge in [-0.1, -0.05) is 17.7 Å². The molecule has 2 aromatic carbocycles. The highest BCUT2D eigenvalue weighted by molar-refractivity contribution is 5.95. The standard InChI is InChI=1S/C24H30N2O5/c1-16-5-6-22(17(2)11-16)31-15-23(27)25-19-7-9-26(10-8-19)24(28)18-12-20(29-3)14-21(13-18)30-4/h5-6,11-14,19H,7-10,15H2,1-4H3,(H,25,27). The fraction of sp³-hybridized carbons (Fsp3) is 0.417. The summed E-state index contributed by atoms with van der Waals surface area (Å²) in [6.45, 7) is 5.10. The lowest BCUT2D eigenvalue weighted by molar-refractivity contribution is -0.124. The average molecular weight is 427 g/mol. The highest BCUT2D eigenvalue weighted by Gasteiger charge is 2.25. The second kappa shape index (κ2) is 10.2. The molecular formula is C24H30N2O5. The van der Waals surface area contributed by atoms with E-state index in [1.807, 2.05) is 32.0 Å². The summed E-state index contributed by atoms with van der Waals surface area (Å²) in [4.78, 5) is 27.0. The van der Waals surface area contributed by atoms with Gasteiger partial charge in [-0.15, -0.1) is 0 Å². The van der Waals surface area contributed by atoms with Crippen LogP contribution in [0.2, 0.25) is 0 Å². The number of aryl methyl sites for hydroxylation is 2. The van der Waals surface area contributed by atoms with E-state index in [0.717, 1.165) is 16.9 Å². The van der Waals surface area contributed by atoms with Crippen LogP contribution in [0.15, 0.2) is 36.4 Å². The number of methoxy groups -OCH3 is 2. The number of ether oxygens (including phenoxy) is 3. The van der Waals surface area contributed by atoms with E-state index >= 15 is 0 Å². The third-order valence-corrected chi connectivity index (χ3v) is 5.43. The maximum Gasteiger partial charge on any atom is 0.258 e. The van der Waals surface area contributed by atoms with Crippen molar-refractivity contribution in [3.63, 3.8) is 0 Å². The maximum atomic E-state index is 12.9. The van der Waals surface area contributed by atoms with Gasteiger partial charge in [0.25, 0.3) is 11.8 Å². The summed E-state index contributed by atoms with van der Waals surface area (Å²) in [6, 6.07) is 11.1. The van der Waals surface area contributed by atoms with Gasteiger partial charge < -0.3 is 24.4 Å². The fourth-order valence-electron chi connectivity index (χ4n) is 3.71. The van der Waals surface area contributed by atoms with Gasteiger partial charge in [0, 0.05) is 30.8 Å². The number of hydrogen-bond donors (Lipinski definition) is 1. The van der Waals surface area contributed by atoms with E-state index in [1.54, 1.807) is 37.3 Å². The van der Waals surface area contributed by atoms with E-state index in [-0.39, 0.29) is 24.5 Å². The Hall–Kier alpha value is -3.22. The molecule has 0 spiro atoms. The van der Waals surface area contributed by atoms with Crippen LogP contribution < -0.4 is 19.5 Å². The van der Waals surface area contributed by atoms with Crippen LogP contribution in [0.5, 0.6) is 17.2 Å². The molecule has 0 saturated carbocycles. The van der Waals surface area contributed by atoms with E-state index in [0.29, 0.717) is 43.0 Å². The number of nitrogens with one attached hydrogen (secondary N) is 1. The third-order valence-electron chi connectivity index (χ3n) is 5.43. The lowest BCUT2D eigenvalue weighted by Gasteiger charge is -2.32. The molecule has 1 heterocycles. The molecule has 0 aliphatic carbocycles. The molecule has 0 aromatic heterocycles. The van der Waals surface area contributed by atoms with Crippen molar-refractivity contribution in [3.8, 4) is 17.2 Å². The predicted octanol–water partition coefficient (Wildman–Crippen LogP) is 3.12. The van der Waals surface area contributed by atoms with E-state index in [1.165, 1.54) is 0 Å². The summed E-state index contributed by atoms with van der Waals surface area (Å²) in [5, 5.41) is 3.01. The number of rotatable bonds is 7. The molecule has 1 N–H and O–H groups in total. The average Bonchev–Trinajstić information content (AvgIpc) is 2.78. The largest absolute Gasteiger partial charge is 0.497 e. The van der Waals surface area contributed by atoms with E-state index in [2.05, 4.69) is 5.32 Å². The first-order valence-corrected chi connectivity index (χ1v) is 10.4. The summed E-state index contributed by atoms with van der Waals surface area (Å²) in [7, 11) is 3.11. The molecule has 7 heteroatoms. The molecule has 7 nitrogen and oxygen atoms in total. The first-order chi connectivity index (χ1) is 14.9. The smallest absolute Gasteiger partial charge is 0.258 e. The molecule has 31 heavy (non-hydrogen) atoms. The van der Waals surface area contributed by atoms with Gasteiger partial charge in [0.2, 0.25) is 0 Å². The lowest BCUT2D eigenvalue weighted by atomic mass is 10.0. The van der Waals surface area contributed by atoms with Gasteiger partial charge in [0.1, 0.15) is 17.2 Å². The van der Waals surface area contributed by atoms with Crippen molar-refractivity contribution in [2.24, 2.45) is 0 Å². The molecule has 0 radical (unpaired) electrons. The fourth-order valence-corrected chi connectivity index (χ4v) is 3.71. The number of carbonyl (C=O) groups excluding carboxylic acids is 2. The van der Waals surface area contributed by atoms with Gasteiger partial charge in [-0.3, -0.25) is 9.59 Å². The van der Waals surface area contributed by atoms with Gasteiger partial charge in [0.05, 0.1) is 14.2 Å². The number of benzene rings is 2. The summed E-state index contributed by atoms with van der Waals surface area (Å²) in [5.41, 5.74) is 2.69. The minimum absolute atomic E-state index is 0.0212. The SMILES string of the molecule is COc1cc(OC)cc(C(=O)N2CCC(NC(=O)COc3ccc(C)cc3C)CC2)c1. The predicted molar refractivity (Wildman–Crippen MR) is 118 cm³/mol. The number of nitrogens with zero attached hydrogens (tertiary/aromatic N) is 1. The number of hydrogen-bond acceptors (Lipinski definition) is 5. The lowest BCUT2D eigenvalue weighted by Crippen LogP contribution is -2.47. The van der Waals surface area contributed by atoms with E-state index in [4.69, 9.17) is 14.2 Å². The summed E-state index contributed by atoms with van der Waals surface area (Å²) in [5.74, 6) is 1.65. The van der Waals surface area contributed by atoms with Crippen LogP contribution in [-0.2, 0) is 4.79 Å². The zero-order valence-corrected chi connectivity index (χ0v) is 18.6. The normalized spacial score (nSPS) is 14.1. The van der Waals surface area contributed by atoms with Gasteiger partial charge in [-0.25, -0.2) is 0 Å². The van der Waals surface area contributed by atoms with E-state index in [9.17, 15) is 9.59 Å². The van der Waals surface area contributed by atoms with Crippen LogP contribution in [0.25, 0.3) is 0 Å². The van der Waals surface area contributed by atoms with Crippen LogP contribution >= 0.6 is 0 Å². The first-order valence-electron chi connectivity index (χ1n) is 10.4. The molecule has 0 atom stereocenters. The minimum Gasteiger partial charge on any atom is -0.497 e. The number of likely N-dealkylation sites (tertiary alicyclic amines) is 1. The van der Waals surface area contributed by atoms with Crippen molar-refractivity contribution in [2.45, 2.75) is 32.7 Å². The molecule has 2 aromatic rings. The minimum atomic E-state index is -0.151. The Morgan fingerprint density at radius 1 is 1.00 bits per heavy atom. The topological polar surface area (TPSA) is 77.1 Å². The van der Waals surface area contributed by atoms with Crippen LogP contribution in [0.4, 0.5) is 0 Å². The number of carbonyl (C=O) groups is 2. The van der Waals surface area contributed by atoms with Crippen LogP contribution in [0, 0.1) is 13.8 Å². The Balaban J connectivity index is 1.49. The molecule has 0 unspecified atom stereocenters. The highest BCUT2D eigenvalue weighted by Crippen LogP contribution is 2.24. The number of piperidine rings is 1. The van der Waals surface area contributed by atoms with Crippen molar-refractivity contribution in [1.82, 2.24) is 10.2 Å². The number of amides is 2. The van der Waals surface area contributed by atoms with E-state index < -0.39 is 0 Å².